The van der Waals surface area contributed by atoms with Gasteiger partial charge < -0.3 is 4.74 Å². The Morgan fingerprint density at radius 1 is 1.27 bits per heavy atom. The molecule has 122 valence electrons. The van der Waals surface area contributed by atoms with Crippen LogP contribution in [0.4, 0.5) is 0 Å². The van der Waals surface area contributed by atoms with E-state index in [1.54, 1.807) is 16.1 Å². The van der Waals surface area contributed by atoms with Gasteiger partial charge in [-0.25, -0.2) is 13.2 Å². The molecule has 3 aliphatic heterocycles. The molecule has 0 aromatic rings. The number of esters is 1. The molecule has 0 aromatic heterocycles. The van der Waals surface area contributed by atoms with Crippen LogP contribution >= 0.6 is 11.8 Å². The van der Waals surface area contributed by atoms with E-state index in [1.165, 1.54) is 12.5 Å². The summed E-state index contributed by atoms with van der Waals surface area (Å²) in [6.07, 6.45) is 6.72. The monoisotopic (exact) mass is 343 g/mol. The summed E-state index contributed by atoms with van der Waals surface area (Å²) in [6, 6.07) is -0.0654. The minimum Gasteiger partial charge on any atom is -0.456 e. The molecule has 22 heavy (non-hydrogen) atoms. The summed E-state index contributed by atoms with van der Waals surface area (Å²) in [7, 11) is -3.25. The van der Waals surface area contributed by atoms with Crippen LogP contribution in [0.25, 0.3) is 0 Å². The van der Waals surface area contributed by atoms with E-state index in [2.05, 4.69) is 6.58 Å². The van der Waals surface area contributed by atoms with Gasteiger partial charge in [0.25, 0.3) is 0 Å². The summed E-state index contributed by atoms with van der Waals surface area (Å²) >= 11 is 1.71. The standard InChI is InChI=1S/C15H21NO4S2/c1-2-12(17)20-14-10-8-11-15(21-10)13(14)16(22(11,18)19)9-6-4-3-5-7-9/h2,9-11,13-15H,1,3-8H2. The fourth-order valence-corrected chi connectivity index (χ4v) is 9.77. The number of carbonyl (C=O) groups is 1. The van der Waals surface area contributed by atoms with Crippen LogP contribution in [-0.4, -0.2) is 52.6 Å². The van der Waals surface area contributed by atoms with Crippen molar-refractivity contribution in [1.82, 2.24) is 4.31 Å². The number of nitrogens with zero attached hydrogens (tertiary/aromatic N) is 1. The third-order valence-electron chi connectivity index (χ3n) is 5.53. The Hall–Kier alpha value is -0.530. The van der Waals surface area contributed by atoms with Crippen LogP contribution in [0.3, 0.4) is 0 Å². The van der Waals surface area contributed by atoms with Gasteiger partial charge in [-0.1, -0.05) is 25.8 Å². The number of fused-ring (bicyclic) bond motifs is 1. The van der Waals surface area contributed by atoms with Crippen molar-refractivity contribution in [2.45, 2.75) is 72.5 Å². The molecule has 4 rings (SSSR count). The smallest absolute Gasteiger partial charge is 0.330 e. The lowest BCUT2D eigenvalue weighted by atomic mass is 9.89. The fraction of sp³-hybridized carbons (Fsp3) is 0.800. The number of rotatable bonds is 3. The first-order valence-corrected chi connectivity index (χ1v) is 10.5. The summed E-state index contributed by atoms with van der Waals surface area (Å²) in [5.41, 5.74) is 0. The molecule has 5 unspecified atom stereocenters. The summed E-state index contributed by atoms with van der Waals surface area (Å²) in [5, 5.41) is -0.0834. The van der Waals surface area contributed by atoms with Crippen molar-refractivity contribution in [3.05, 3.63) is 12.7 Å². The van der Waals surface area contributed by atoms with Crippen LogP contribution < -0.4 is 0 Å². The average Bonchev–Trinajstić information content (AvgIpc) is 3.12. The van der Waals surface area contributed by atoms with Gasteiger partial charge in [0.15, 0.2) is 0 Å². The fourth-order valence-electron chi connectivity index (χ4n) is 4.65. The molecular weight excluding hydrogens is 322 g/mol. The molecule has 3 saturated heterocycles. The van der Waals surface area contributed by atoms with E-state index in [0.717, 1.165) is 25.7 Å². The maximum Gasteiger partial charge on any atom is 0.330 e. The Morgan fingerprint density at radius 2 is 2.00 bits per heavy atom. The van der Waals surface area contributed by atoms with Crippen molar-refractivity contribution >= 4 is 27.8 Å². The van der Waals surface area contributed by atoms with Gasteiger partial charge in [-0.2, -0.15) is 4.31 Å². The number of carbonyl (C=O) groups excluding carboxylic acids is 1. The van der Waals surface area contributed by atoms with Gasteiger partial charge in [0.1, 0.15) is 6.10 Å². The van der Waals surface area contributed by atoms with Crippen LogP contribution in [-0.2, 0) is 19.6 Å². The average molecular weight is 343 g/mol. The van der Waals surface area contributed by atoms with E-state index in [0.29, 0.717) is 6.42 Å². The van der Waals surface area contributed by atoms with Crippen LogP contribution in [0.5, 0.6) is 0 Å². The van der Waals surface area contributed by atoms with Crippen molar-refractivity contribution in [3.63, 3.8) is 0 Å². The van der Waals surface area contributed by atoms with Crippen LogP contribution in [0.1, 0.15) is 38.5 Å². The van der Waals surface area contributed by atoms with Gasteiger partial charge in [0.2, 0.25) is 10.0 Å². The van der Waals surface area contributed by atoms with E-state index in [4.69, 9.17) is 4.74 Å². The van der Waals surface area contributed by atoms with E-state index >= 15 is 0 Å². The topological polar surface area (TPSA) is 63.7 Å². The third-order valence-corrected chi connectivity index (χ3v) is 9.81. The number of sulfonamides is 1. The van der Waals surface area contributed by atoms with Gasteiger partial charge in [-0.15, -0.1) is 11.8 Å². The van der Waals surface area contributed by atoms with Crippen molar-refractivity contribution in [2.75, 3.05) is 0 Å². The first-order valence-electron chi connectivity index (χ1n) is 8.05. The zero-order chi connectivity index (χ0) is 15.5. The van der Waals surface area contributed by atoms with Crippen LogP contribution in [0.2, 0.25) is 0 Å². The minimum absolute atomic E-state index is 0.0690. The van der Waals surface area contributed by atoms with E-state index in [-0.39, 0.29) is 33.9 Å². The molecule has 4 aliphatic rings. The zero-order valence-electron chi connectivity index (χ0n) is 12.4. The van der Waals surface area contributed by atoms with Crippen molar-refractivity contribution in [2.24, 2.45) is 0 Å². The second kappa shape index (κ2) is 5.24. The minimum atomic E-state index is -3.25. The predicted molar refractivity (Wildman–Crippen MR) is 85.1 cm³/mol. The Labute approximate surface area is 135 Å². The maximum atomic E-state index is 13.0. The number of hydrogen-bond acceptors (Lipinski definition) is 5. The summed E-state index contributed by atoms with van der Waals surface area (Å²) in [5.74, 6) is -0.442. The van der Waals surface area contributed by atoms with Gasteiger partial charge >= 0.3 is 5.97 Å². The second-order valence-electron chi connectivity index (χ2n) is 6.68. The first-order chi connectivity index (χ1) is 10.5. The Bertz CT molecular complexity index is 599. The van der Waals surface area contributed by atoms with Gasteiger partial charge in [0.05, 0.1) is 11.3 Å². The summed E-state index contributed by atoms with van der Waals surface area (Å²) in [4.78, 5) is 11.6. The largest absolute Gasteiger partial charge is 0.456 e. The van der Waals surface area contributed by atoms with Crippen molar-refractivity contribution in [3.8, 4) is 0 Å². The summed E-state index contributed by atoms with van der Waals surface area (Å²) in [6.45, 7) is 3.45. The molecule has 0 amide bonds. The highest BCUT2D eigenvalue weighted by molar-refractivity contribution is 8.03. The third kappa shape index (κ3) is 2.01. The molecule has 1 saturated carbocycles. The maximum absolute atomic E-state index is 13.0. The SMILES string of the molecule is C=CC(=O)OC1C2CC3C(S2)C1N(C1CCCCC1)S3(=O)=O. The summed E-state index contributed by atoms with van der Waals surface area (Å²) < 4.78 is 33.2. The molecule has 0 N–H and O–H groups in total. The van der Waals surface area contributed by atoms with E-state index in [1.807, 2.05) is 0 Å². The molecule has 2 bridgehead atoms. The molecule has 4 fully saturated rings. The molecule has 0 aromatic carbocycles. The molecular formula is C15H21NO4S2. The quantitative estimate of drug-likeness (QED) is 0.576. The first kappa shape index (κ1) is 15.0. The van der Waals surface area contributed by atoms with Crippen LogP contribution in [0, 0.1) is 0 Å². The van der Waals surface area contributed by atoms with Crippen LogP contribution in [0.15, 0.2) is 12.7 Å². The van der Waals surface area contributed by atoms with Crippen molar-refractivity contribution in [1.29, 1.82) is 0 Å². The van der Waals surface area contributed by atoms with Crippen molar-refractivity contribution < 1.29 is 17.9 Å². The molecule has 5 atom stereocenters. The number of ether oxygens (including phenoxy) is 1. The molecule has 5 nitrogen and oxygen atoms in total. The number of hydrogen-bond donors (Lipinski definition) is 0. The highest BCUT2D eigenvalue weighted by Crippen LogP contribution is 2.58. The second-order valence-corrected chi connectivity index (χ2v) is 10.2. The molecule has 7 heteroatoms. The zero-order valence-corrected chi connectivity index (χ0v) is 14.0. The Balaban J connectivity index is 1.67. The highest BCUT2D eigenvalue weighted by atomic mass is 32.2. The normalized spacial score (nSPS) is 43.4. The van der Waals surface area contributed by atoms with Gasteiger partial charge in [-0.3, -0.25) is 0 Å². The lowest BCUT2D eigenvalue weighted by molar-refractivity contribution is -0.145. The lowest BCUT2D eigenvalue weighted by Gasteiger charge is -2.35. The van der Waals surface area contributed by atoms with Gasteiger partial charge in [-0.05, 0) is 19.3 Å². The predicted octanol–water partition coefficient (Wildman–Crippen LogP) is 1.69. The van der Waals surface area contributed by atoms with Gasteiger partial charge in [0, 0.05) is 22.6 Å². The molecule has 1 aliphatic carbocycles. The van der Waals surface area contributed by atoms with E-state index in [9.17, 15) is 13.2 Å². The molecule has 3 heterocycles. The Kier molecular flexibility index (Phi) is 3.58. The van der Waals surface area contributed by atoms with E-state index < -0.39 is 16.0 Å². The Morgan fingerprint density at radius 3 is 2.68 bits per heavy atom. The lowest BCUT2D eigenvalue weighted by Crippen LogP contribution is -2.50. The molecule has 0 radical (unpaired) electrons. The highest BCUT2D eigenvalue weighted by Gasteiger charge is 2.69. The number of thioether (sulfide) groups is 1. The molecule has 0 spiro atoms.